The monoisotopic (exact) mass is 637 g/mol. The van der Waals surface area contributed by atoms with Crippen LogP contribution in [0.25, 0.3) is 10.8 Å². The lowest BCUT2D eigenvalue weighted by Gasteiger charge is -2.35. The van der Waals surface area contributed by atoms with Gasteiger partial charge in [0.2, 0.25) is 5.91 Å². The van der Waals surface area contributed by atoms with E-state index in [4.69, 9.17) is 4.74 Å². The smallest absolute Gasteiger partial charge is 0.408 e. The van der Waals surface area contributed by atoms with Crippen molar-refractivity contribution in [2.75, 3.05) is 11.9 Å². The van der Waals surface area contributed by atoms with Gasteiger partial charge in [-0.05, 0) is 85.3 Å². The van der Waals surface area contributed by atoms with Gasteiger partial charge in [0.1, 0.15) is 23.4 Å². The fraction of sp³-hybridized carbons (Fsp3) is 0.359. The molecule has 47 heavy (non-hydrogen) atoms. The third-order valence-electron chi connectivity index (χ3n) is 7.93. The highest BCUT2D eigenvalue weighted by molar-refractivity contribution is 6.00. The van der Waals surface area contributed by atoms with Crippen LogP contribution in [0.15, 0.2) is 91.0 Å². The van der Waals surface area contributed by atoms with Crippen LogP contribution in [-0.2, 0) is 27.2 Å². The normalized spacial score (nSPS) is 12.6. The lowest BCUT2D eigenvalue weighted by atomic mass is 9.98. The van der Waals surface area contributed by atoms with Gasteiger partial charge in [0.05, 0.1) is 0 Å². The number of aromatic hydroxyl groups is 1. The van der Waals surface area contributed by atoms with Gasteiger partial charge < -0.3 is 25.4 Å². The first-order valence-corrected chi connectivity index (χ1v) is 16.4. The largest absolute Gasteiger partial charge is 0.508 e. The lowest BCUT2D eigenvalue weighted by molar-refractivity contribution is -0.140. The van der Waals surface area contributed by atoms with Gasteiger partial charge in [-0.3, -0.25) is 9.59 Å². The van der Waals surface area contributed by atoms with E-state index in [0.717, 1.165) is 41.2 Å². The number of unbranched alkanes of at least 4 members (excludes halogenated alkanes) is 2. The van der Waals surface area contributed by atoms with E-state index in [1.165, 1.54) is 0 Å². The molecule has 0 aromatic heterocycles. The molecule has 2 atom stereocenters. The van der Waals surface area contributed by atoms with Crippen LogP contribution in [0.4, 0.5) is 10.5 Å². The van der Waals surface area contributed by atoms with Crippen molar-refractivity contribution in [2.45, 2.75) is 84.4 Å². The number of ether oxygens (including phenoxy) is 1. The molecule has 3 amide bonds. The van der Waals surface area contributed by atoms with Gasteiger partial charge in [0, 0.05) is 18.7 Å². The summed E-state index contributed by atoms with van der Waals surface area (Å²) in [4.78, 5) is 43.7. The maximum atomic E-state index is 14.7. The molecule has 0 aliphatic heterocycles. The standard InChI is InChI=1S/C39H47N3O5/c1-6-8-11-24-42(37(45)34(41-38(46)47-39(3,4)5)25-28-16-22-33(43)23-17-28)35(30-18-14-27(7-2)15-19-30)36(44)40-32-21-20-29-12-9-10-13-31(29)26-32/h9-10,12-23,26,34-35,43H,6-8,11,24-25H2,1-5H3,(H,40,44)(H,41,46). The van der Waals surface area contributed by atoms with Crippen molar-refractivity contribution < 1.29 is 24.2 Å². The average Bonchev–Trinajstić information content (AvgIpc) is 3.04. The molecule has 0 fully saturated rings. The van der Waals surface area contributed by atoms with Crippen molar-refractivity contribution in [1.82, 2.24) is 10.2 Å². The number of nitrogens with zero attached hydrogens (tertiary/aromatic N) is 1. The molecular formula is C39H47N3O5. The number of hydrogen-bond acceptors (Lipinski definition) is 5. The quantitative estimate of drug-likeness (QED) is 0.129. The number of rotatable bonds is 13. The number of phenolic OH excluding ortho intramolecular Hbond substituents is 1. The molecular weight excluding hydrogens is 590 g/mol. The van der Waals surface area contributed by atoms with E-state index < -0.39 is 29.7 Å². The van der Waals surface area contributed by atoms with E-state index in [1.54, 1.807) is 49.9 Å². The number of alkyl carbamates (subject to hydrolysis) is 1. The van der Waals surface area contributed by atoms with Crippen LogP contribution in [0.5, 0.6) is 5.75 Å². The number of phenols is 1. The van der Waals surface area contributed by atoms with Crippen molar-refractivity contribution in [1.29, 1.82) is 0 Å². The topological polar surface area (TPSA) is 108 Å². The lowest BCUT2D eigenvalue weighted by Crippen LogP contribution is -2.53. The first-order valence-electron chi connectivity index (χ1n) is 16.4. The number of aryl methyl sites for hydroxylation is 1. The number of anilines is 1. The van der Waals surface area contributed by atoms with E-state index >= 15 is 0 Å². The van der Waals surface area contributed by atoms with Crippen LogP contribution >= 0.6 is 0 Å². The van der Waals surface area contributed by atoms with Crippen molar-refractivity contribution in [3.05, 3.63) is 108 Å². The Morgan fingerprint density at radius 2 is 1.49 bits per heavy atom. The Morgan fingerprint density at radius 1 is 0.830 bits per heavy atom. The number of fused-ring (bicyclic) bond motifs is 1. The molecule has 0 spiro atoms. The molecule has 0 radical (unpaired) electrons. The molecule has 0 saturated carbocycles. The second-order valence-electron chi connectivity index (χ2n) is 12.9. The fourth-order valence-electron chi connectivity index (χ4n) is 5.50. The Bertz CT molecular complexity index is 1640. The van der Waals surface area contributed by atoms with E-state index in [-0.39, 0.29) is 18.1 Å². The first-order chi connectivity index (χ1) is 22.5. The van der Waals surface area contributed by atoms with Crippen molar-refractivity contribution in [3.63, 3.8) is 0 Å². The number of carbonyl (C=O) groups excluding carboxylic acids is 3. The molecule has 4 aromatic rings. The van der Waals surface area contributed by atoms with Gasteiger partial charge in [-0.25, -0.2) is 4.79 Å². The maximum absolute atomic E-state index is 14.7. The summed E-state index contributed by atoms with van der Waals surface area (Å²) in [6, 6.07) is 25.9. The predicted octanol–water partition coefficient (Wildman–Crippen LogP) is 7.94. The first kappa shape index (κ1) is 35.0. The highest BCUT2D eigenvalue weighted by atomic mass is 16.6. The minimum absolute atomic E-state index is 0.0962. The van der Waals surface area contributed by atoms with Crippen LogP contribution < -0.4 is 10.6 Å². The molecule has 4 rings (SSSR count). The minimum atomic E-state index is -1.04. The Hall–Kier alpha value is -4.85. The van der Waals surface area contributed by atoms with Gasteiger partial charge in [0.15, 0.2) is 0 Å². The number of hydrogen-bond donors (Lipinski definition) is 3. The summed E-state index contributed by atoms with van der Waals surface area (Å²) in [6.07, 6.45) is 2.70. The SMILES string of the molecule is CCCCCN(C(=O)C(Cc1ccc(O)cc1)NC(=O)OC(C)(C)C)C(C(=O)Nc1ccc2ccccc2c1)c1ccc(CC)cc1. The molecule has 2 unspecified atom stereocenters. The van der Waals surface area contributed by atoms with Crippen LogP contribution in [0.2, 0.25) is 0 Å². The highest BCUT2D eigenvalue weighted by Gasteiger charge is 2.36. The molecule has 3 N–H and O–H groups in total. The molecule has 0 aliphatic rings. The van der Waals surface area contributed by atoms with E-state index in [2.05, 4.69) is 24.5 Å². The zero-order chi connectivity index (χ0) is 34.0. The van der Waals surface area contributed by atoms with Crippen LogP contribution in [0.3, 0.4) is 0 Å². The molecule has 8 nitrogen and oxygen atoms in total. The fourth-order valence-corrected chi connectivity index (χ4v) is 5.50. The number of carbonyl (C=O) groups is 3. The predicted molar refractivity (Wildman–Crippen MR) is 187 cm³/mol. The van der Waals surface area contributed by atoms with Gasteiger partial charge in [-0.1, -0.05) is 93.4 Å². The average molecular weight is 638 g/mol. The van der Waals surface area contributed by atoms with Crippen molar-refractivity contribution in [2.24, 2.45) is 0 Å². The minimum Gasteiger partial charge on any atom is -0.508 e. The van der Waals surface area contributed by atoms with E-state index in [1.807, 2.05) is 66.7 Å². The maximum Gasteiger partial charge on any atom is 0.408 e. The molecule has 0 heterocycles. The van der Waals surface area contributed by atoms with Crippen LogP contribution in [0, 0.1) is 0 Å². The molecule has 0 saturated heterocycles. The highest BCUT2D eigenvalue weighted by Crippen LogP contribution is 2.28. The molecule has 0 bridgehead atoms. The summed E-state index contributed by atoms with van der Waals surface area (Å²) >= 11 is 0. The van der Waals surface area contributed by atoms with Crippen molar-refractivity contribution >= 4 is 34.4 Å². The summed E-state index contributed by atoms with van der Waals surface area (Å²) in [7, 11) is 0. The van der Waals surface area contributed by atoms with E-state index in [9.17, 15) is 19.5 Å². The van der Waals surface area contributed by atoms with Gasteiger partial charge >= 0.3 is 6.09 Å². The summed E-state index contributed by atoms with van der Waals surface area (Å²) in [5.74, 6) is -0.660. The third kappa shape index (κ3) is 10.1. The third-order valence-corrected chi connectivity index (χ3v) is 7.93. The summed E-state index contributed by atoms with van der Waals surface area (Å²) in [5.41, 5.74) is 2.36. The summed E-state index contributed by atoms with van der Waals surface area (Å²) in [6.45, 7) is 9.72. The Balaban J connectivity index is 1.75. The van der Waals surface area contributed by atoms with Gasteiger partial charge in [-0.2, -0.15) is 0 Å². The summed E-state index contributed by atoms with van der Waals surface area (Å²) in [5, 5.41) is 17.8. The van der Waals surface area contributed by atoms with Crippen LogP contribution in [-0.4, -0.2) is 46.1 Å². The molecule has 4 aromatic carbocycles. The van der Waals surface area contributed by atoms with Crippen molar-refractivity contribution in [3.8, 4) is 5.75 Å². The summed E-state index contributed by atoms with van der Waals surface area (Å²) < 4.78 is 5.55. The Morgan fingerprint density at radius 3 is 2.13 bits per heavy atom. The molecule has 248 valence electrons. The van der Waals surface area contributed by atoms with Gasteiger partial charge in [-0.15, -0.1) is 0 Å². The zero-order valence-corrected chi connectivity index (χ0v) is 28.1. The number of amides is 3. The second-order valence-corrected chi connectivity index (χ2v) is 12.9. The molecule has 0 aliphatic carbocycles. The Kier molecular flexibility index (Phi) is 12.0. The zero-order valence-electron chi connectivity index (χ0n) is 28.1. The number of nitrogens with one attached hydrogen (secondary N) is 2. The number of benzene rings is 4. The molecule has 8 heteroatoms. The second kappa shape index (κ2) is 16.1. The van der Waals surface area contributed by atoms with E-state index in [0.29, 0.717) is 24.2 Å². The Labute approximate surface area is 278 Å². The van der Waals surface area contributed by atoms with Crippen LogP contribution in [0.1, 0.15) is 76.6 Å². The van der Waals surface area contributed by atoms with Gasteiger partial charge in [0.25, 0.3) is 5.91 Å².